The fourth-order valence-corrected chi connectivity index (χ4v) is 3.86. The molecule has 1 saturated heterocycles. The third-order valence-electron chi connectivity index (χ3n) is 5.01. The summed E-state index contributed by atoms with van der Waals surface area (Å²) in [5.74, 6) is 0.0606. The Morgan fingerprint density at radius 2 is 1.91 bits per heavy atom. The van der Waals surface area contributed by atoms with Crippen molar-refractivity contribution >= 4 is 23.2 Å². The van der Waals surface area contributed by atoms with E-state index in [1.807, 2.05) is 12.1 Å². The molecule has 0 bridgehead atoms. The van der Waals surface area contributed by atoms with Crippen molar-refractivity contribution in [3.63, 3.8) is 0 Å². The number of anilines is 1. The summed E-state index contributed by atoms with van der Waals surface area (Å²) in [5, 5.41) is 3.56. The summed E-state index contributed by atoms with van der Waals surface area (Å²) in [4.78, 5) is 17.1. The van der Waals surface area contributed by atoms with E-state index >= 15 is 0 Å². The number of halogens is 1. The summed E-state index contributed by atoms with van der Waals surface area (Å²) in [6.07, 6.45) is 6.09. The molecule has 1 N–H and O–H groups in total. The van der Waals surface area contributed by atoms with Gasteiger partial charge in [0.25, 0.3) is 0 Å². The van der Waals surface area contributed by atoms with E-state index in [2.05, 4.69) is 15.1 Å². The third-order valence-corrected chi connectivity index (χ3v) is 5.25. The van der Waals surface area contributed by atoms with Gasteiger partial charge < -0.3 is 10.2 Å². The lowest BCUT2D eigenvalue weighted by atomic mass is 10.2. The van der Waals surface area contributed by atoms with Crippen LogP contribution in [-0.4, -0.2) is 54.5 Å². The van der Waals surface area contributed by atoms with E-state index in [4.69, 9.17) is 11.6 Å². The lowest BCUT2D eigenvalue weighted by Crippen LogP contribution is -2.50. The van der Waals surface area contributed by atoms with E-state index in [1.165, 1.54) is 25.7 Å². The third kappa shape index (κ3) is 4.93. The number of amides is 1. The molecule has 0 radical (unpaired) electrons. The van der Waals surface area contributed by atoms with E-state index in [1.54, 1.807) is 12.1 Å². The minimum Gasteiger partial charge on any atom is -0.326 e. The lowest BCUT2D eigenvalue weighted by Gasteiger charge is -2.38. The molecule has 1 amide bonds. The van der Waals surface area contributed by atoms with Crippen LogP contribution < -0.4 is 5.32 Å². The van der Waals surface area contributed by atoms with Crippen LogP contribution in [-0.2, 0) is 4.79 Å². The van der Waals surface area contributed by atoms with Crippen molar-refractivity contribution in [3.8, 4) is 0 Å². The van der Waals surface area contributed by atoms with Crippen LogP contribution >= 0.6 is 11.6 Å². The zero-order chi connectivity index (χ0) is 16.1. The summed E-state index contributed by atoms with van der Waals surface area (Å²) in [7, 11) is 0. The molecule has 0 unspecified atom stereocenters. The SMILES string of the molecule is O=C(CCN1CCN(C2CCCC2)CC1)Nc1cccc(Cl)c1. The highest BCUT2D eigenvalue weighted by atomic mass is 35.5. The van der Waals surface area contributed by atoms with E-state index < -0.39 is 0 Å². The average molecular weight is 336 g/mol. The summed E-state index contributed by atoms with van der Waals surface area (Å²) in [5.41, 5.74) is 0.772. The van der Waals surface area contributed by atoms with E-state index in [0.29, 0.717) is 11.4 Å². The van der Waals surface area contributed by atoms with Crippen LogP contribution in [0.5, 0.6) is 0 Å². The number of carbonyl (C=O) groups is 1. The maximum absolute atomic E-state index is 12.0. The molecule has 0 spiro atoms. The van der Waals surface area contributed by atoms with Crippen molar-refractivity contribution in [1.82, 2.24) is 9.80 Å². The molecule has 23 heavy (non-hydrogen) atoms. The van der Waals surface area contributed by atoms with Gasteiger partial charge in [-0.25, -0.2) is 0 Å². The Morgan fingerprint density at radius 1 is 1.17 bits per heavy atom. The molecule has 1 aliphatic carbocycles. The Kier molecular flexibility index (Phi) is 5.92. The normalized spacial score (nSPS) is 20.7. The fraction of sp³-hybridized carbons (Fsp3) is 0.611. The molecule has 0 aromatic heterocycles. The van der Waals surface area contributed by atoms with Crippen LogP contribution in [0.4, 0.5) is 5.69 Å². The van der Waals surface area contributed by atoms with E-state index in [9.17, 15) is 4.79 Å². The van der Waals surface area contributed by atoms with Gasteiger partial charge in [-0.05, 0) is 31.0 Å². The van der Waals surface area contributed by atoms with Crippen molar-refractivity contribution in [2.24, 2.45) is 0 Å². The summed E-state index contributed by atoms with van der Waals surface area (Å²) >= 11 is 5.93. The smallest absolute Gasteiger partial charge is 0.225 e. The fourth-order valence-electron chi connectivity index (χ4n) is 3.67. The monoisotopic (exact) mass is 335 g/mol. The summed E-state index contributed by atoms with van der Waals surface area (Å²) in [6.45, 7) is 5.31. The number of carbonyl (C=O) groups excluding carboxylic acids is 1. The van der Waals surface area contributed by atoms with Gasteiger partial charge in [-0.3, -0.25) is 9.69 Å². The molecule has 5 heteroatoms. The second-order valence-corrected chi connectivity index (χ2v) is 7.06. The highest BCUT2D eigenvalue weighted by molar-refractivity contribution is 6.30. The zero-order valence-electron chi connectivity index (χ0n) is 13.6. The molecular formula is C18H26ClN3O. The van der Waals surface area contributed by atoms with Gasteiger partial charge in [0.1, 0.15) is 0 Å². The molecule has 1 aromatic carbocycles. The largest absolute Gasteiger partial charge is 0.326 e. The molecule has 0 atom stereocenters. The number of nitrogens with one attached hydrogen (secondary N) is 1. The first-order chi connectivity index (χ1) is 11.2. The molecule has 1 aliphatic heterocycles. The molecule has 2 fully saturated rings. The van der Waals surface area contributed by atoms with Gasteiger partial charge in [0.05, 0.1) is 0 Å². The Labute approximate surface area is 143 Å². The highest BCUT2D eigenvalue weighted by Crippen LogP contribution is 2.24. The second kappa shape index (κ2) is 8.13. The molecule has 1 heterocycles. The van der Waals surface area contributed by atoms with Gasteiger partial charge in [-0.1, -0.05) is 30.5 Å². The Balaban J connectivity index is 1.36. The Hall–Kier alpha value is -1.10. The van der Waals surface area contributed by atoms with Crippen molar-refractivity contribution < 1.29 is 4.79 Å². The molecule has 4 nitrogen and oxygen atoms in total. The van der Waals surface area contributed by atoms with Crippen molar-refractivity contribution in [3.05, 3.63) is 29.3 Å². The Morgan fingerprint density at radius 3 is 2.61 bits per heavy atom. The van der Waals surface area contributed by atoms with Crippen molar-refractivity contribution in [1.29, 1.82) is 0 Å². The summed E-state index contributed by atoms with van der Waals surface area (Å²) in [6, 6.07) is 8.12. The lowest BCUT2D eigenvalue weighted by molar-refractivity contribution is -0.116. The van der Waals surface area contributed by atoms with Gasteiger partial charge in [-0.2, -0.15) is 0 Å². The number of rotatable bonds is 5. The summed E-state index contributed by atoms with van der Waals surface area (Å²) < 4.78 is 0. The number of hydrogen-bond acceptors (Lipinski definition) is 3. The first-order valence-corrected chi connectivity index (χ1v) is 9.10. The van der Waals surface area contributed by atoms with Gasteiger partial charge >= 0.3 is 0 Å². The predicted molar refractivity (Wildman–Crippen MR) is 95.0 cm³/mol. The number of piperazine rings is 1. The maximum atomic E-state index is 12.0. The second-order valence-electron chi connectivity index (χ2n) is 6.62. The minimum absolute atomic E-state index is 0.0606. The molecular weight excluding hydrogens is 310 g/mol. The van der Waals surface area contributed by atoms with Crippen LogP contribution in [0.2, 0.25) is 5.02 Å². The number of benzene rings is 1. The first-order valence-electron chi connectivity index (χ1n) is 8.72. The maximum Gasteiger partial charge on any atom is 0.225 e. The van der Waals surface area contributed by atoms with Crippen molar-refractivity contribution in [2.75, 3.05) is 38.0 Å². The first kappa shape index (κ1) is 16.7. The molecule has 126 valence electrons. The minimum atomic E-state index is 0.0606. The molecule has 1 saturated carbocycles. The highest BCUT2D eigenvalue weighted by Gasteiger charge is 2.26. The van der Waals surface area contributed by atoms with Crippen molar-refractivity contribution in [2.45, 2.75) is 38.1 Å². The number of nitrogens with zero attached hydrogens (tertiary/aromatic N) is 2. The standard InChI is InChI=1S/C18H26ClN3O/c19-15-4-3-5-16(14-15)20-18(23)8-9-21-10-12-22(13-11-21)17-6-1-2-7-17/h3-5,14,17H,1-2,6-13H2,(H,20,23). The molecule has 2 aliphatic rings. The van der Waals surface area contributed by atoms with Crippen LogP contribution in [0.1, 0.15) is 32.1 Å². The predicted octanol–water partition coefficient (Wildman–Crippen LogP) is 3.23. The average Bonchev–Trinajstić information content (AvgIpc) is 3.08. The van der Waals surface area contributed by atoms with E-state index in [0.717, 1.165) is 44.5 Å². The number of hydrogen-bond donors (Lipinski definition) is 1. The van der Waals surface area contributed by atoms with E-state index in [-0.39, 0.29) is 5.91 Å². The zero-order valence-corrected chi connectivity index (χ0v) is 14.4. The quantitative estimate of drug-likeness (QED) is 0.897. The van der Waals surface area contributed by atoms with Gasteiger partial charge in [-0.15, -0.1) is 0 Å². The Bertz CT molecular complexity index is 523. The van der Waals surface area contributed by atoms with Gasteiger partial charge in [0.15, 0.2) is 0 Å². The van der Waals surface area contributed by atoms with Crippen LogP contribution in [0, 0.1) is 0 Å². The molecule has 1 aromatic rings. The van der Waals surface area contributed by atoms with Gasteiger partial charge in [0.2, 0.25) is 5.91 Å². The van der Waals surface area contributed by atoms with Crippen LogP contribution in [0.15, 0.2) is 24.3 Å². The van der Waals surface area contributed by atoms with Crippen LogP contribution in [0.3, 0.4) is 0 Å². The van der Waals surface area contributed by atoms with Crippen LogP contribution in [0.25, 0.3) is 0 Å². The topological polar surface area (TPSA) is 35.6 Å². The molecule has 3 rings (SSSR count). The van der Waals surface area contributed by atoms with Gasteiger partial charge in [0, 0.05) is 55.9 Å².